The SMILES string of the molecule is CCCC[S+]([O-])NC(c1cc(F)ccc1Oc1cncnc1N1CCC2(CCN(Cc3ccc4[nH]c(=O)[nH]c4c3)C2)C1)C1CCCC1. The van der Waals surface area contributed by atoms with Crippen LogP contribution in [0, 0.1) is 17.2 Å². The zero-order valence-corrected chi connectivity index (χ0v) is 27.8. The molecule has 1 spiro atoms. The molecule has 7 rings (SSSR count). The maximum Gasteiger partial charge on any atom is 0.323 e. The molecule has 0 radical (unpaired) electrons. The van der Waals surface area contributed by atoms with Crippen molar-refractivity contribution in [3.8, 4) is 11.5 Å². The summed E-state index contributed by atoms with van der Waals surface area (Å²) in [6.45, 7) is 6.64. The molecule has 250 valence electrons. The van der Waals surface area contributed by atoms with Crippen molar-refractivity contribution in [3.63, 3.8) is 0 Å². The van der Waals surface area contributed by atoms with Crippen molar-refractivity contribution in [2.75, 3.05) is 36.8 Å². The molecule has 3 atom stereocenters. The molecule has 0 amide bonds. The third kappa shape index (κ3) is 7.20. The molecule has 4 heterocycles. The fraction of sp³-hybridized carbons (Fsp3) is 0.514. The van der Waals surface area contributed by atoms with Crippen LogP contribution in [0.2, 0.25) is 0 Å². The van der Waals surface area contributed by atoms with Crippen molar-refractivity contribution in [1.29, 1.82) is 0 Å². The second-order valence-electron chi connectivity index (χ2n) is 13.6. The van der Waals surface area contributed by atoms with Crippen LogP contribution in [0.5, 0.6) is 11.5 Å². The quantitative estimate of drug-likeness (QED) is 0.159. The number of hydrogen-bond acceptors (Lipinski definition) is 8. The summed E-state index contributed by atoms with van der Waals surface area (Å²) in [6, 6.07) is 10.5. The number of nitrogens with zero attached hydrogens (tertiary/aromatic N) is 4. The summed E-state index contributed by atoms with van der Waals surface area (Å²) in [4.78, 5) is 31.2. The molecule has 3 unspecified atom stereocenters. The van der Waals surface area contributed by atoms with Gasteiger partial charge in [0, 0.05) is 48.5 Å². The van der Waals surface area contributed by atoms with Crippen molar-refractivity contribution in [2.24, 2.45) is 11.3 Å². The molecule has 12 heteroatoms. The molecule has 2 saturated heterocycles. The normalized spacial score (nSPS) is 21.7. The van der Waals surface area contributed by atoms with Gasteiger partial charge in [-0.2, -0.15) is 0 Å². The summed E-state index contributed by atoms with van der Waals surface area (Å²) < 4.78 is 37.8. The Labute approximate surface area is 277 Å². The molecule has 3 aliphatic rings. The van der Waals surface area contributed by atoms with E-state index in [1.165, 1.54) is 17.7 Å². The van der Waals surface area contributed by atoms with E-state index in [-0.39, 0.29) is 28.9 Å². The van der Waals surface area contributed by atoms with Crippen molar-refractivity contribution < 1.29 is 13.7 Å². The number of hydrogen-bond donors (Lipinski definition) is 3. The minimum absolute atomic E-state index is 0.149. The largest absolute Gasteiger partial charge is 0.598 e. The minimum atomic E-state index is -1.22. The van der Waals surface area contributed by atoms with E-state index in [1.807, 2.05) is 6.07 Å². The average Bonchev–Trinajstić information content (AvgIpc) is 3.88. The van der Waals surface area contributed by atoms with E-state index in [0.29, 0.717) is 22.8 Å². The van der Waals surface area contributed by atoms with Crippen molar-refractivity contribution in [1.82, 2.24) is 29.6 Å². The number of benzene rings is 2. The first-order valence-electron chi connectivity index (χ1n) is 17.0. The Bertz CT molecular complexity index is 1740. The number of fused-ring (bicyclic) bond motifs is 1. The maximum absolute atomic E-state index is 14.8. The molecule has 1 saturated carbocycles. The molecule has 2 aromatic carbocycles. The molecular weight excluding hydrogens is 617 g/mol. The van der Waals surface area contributed by atoms with Crippen LogP contribution < -0.4 is 20.0 Å². The Hall–Kier alpha value is -3.45. The van der Waals surface area contributed by atoms with Gasteiger partial charge < -0.3 is 24.2 Å². The van der Waals surface area contributed by atoms with Crippen LogP contribution in [-0.4, -0.2) is 61.3 Å². The molecular formula is C35H44FN7O3S. The van der Waals surface area contributed by atoms with Gasteiger partial charge in [-0.1, -0.05) is 32.3 Å². The highest BCUT2D eigenvalue weighted by atomic mass is 32.2. The molecule has 1 aliphatic carbocycles. The van der Waals surface area contributed by atoms with E-state index in [2.05, 4.69) is 53.5 Å². The smallest absolute Gasteiger partial charge is 0.323 e. The van der Waals surface area contributed by atoms with E-state index >= 15 is 0 Å². The first kappa shape index (κ1) is 32.1. The van der Waals surface area contributed by atoms with Gasteiger partial charge in [0.25, 0.3) is 0 Å². The second-order valence-corrected chi connectivity index (χ2v) is 15.0. The van der Waals surface area contributed by atoms with Gasteiger partial charge in [0.1, 0.15) is 23.6 Å². The Kier molecular flexibility index (Phi) is 9.54. The van der Waals surface area contributed by atoms with Gasteiger partial charge in [0.15, 0.2) is 11.6 Å². The number of anilines is 1. The number of rotatable bonds is 12. The summed E-state index contributed by atoms with van der Waals surface area (Å²) in [5.74, 6) is 2.31. The number of likely N-dealkylation sites (tertiary alicyclic amines) is 1. The van der Waals surface area contributed by atoms with Crippen LogP contribution in [-0.2, 0) is 17.9 Å². The van der Waals surface area contributed by atoms with Gasteiger partial charge in [0.05, 0.1) is 23.3 Å². The summed E-state index contributed by atoms with van der Waals surface area (Å²) in [5.41, 5.74) is 3.51. The lowest BCUT2D eigenvalue weighted by atomic mass is 9.86. The molecule has 3 fully saturated rings. The highest BCUT2D eigenvalue weighted by molar-refractivity contribution is 7.89. The van der Waals surface area contributed by atoms with E-state index < -0.39 is 11.4 Å². The first-order chi connectivity index (χ1) is 22.9. The number of aromatic nitrogens is 4. The number of unbranched alkanes of at least 4 members (excludes halogenated alkanes) is 1. The topological polar surface area (TPSA) is 125 Å². The van der Waals surface area contributed by atoms with Crippen LogP contribution in [0.4, 0.5) is 10.2 Å². The van der Waals surface area contributed by atoms with Crippen molar-refractivity contribution in [2.45, 2.75) is 70.9 Å². The van der Waals surface area contributed by atoms with Crippen molar-refractivity contribution in [3.05, 3.63) is 76.4 Å². The number of halogens is 1. The standard InChI is InChI=1S/C35H44FN7O3S/c1-2-3-16-47(45)41-32(25-6-4-5-7-25)27-18-26(36)9-11-30(27)46-31-19-37-23-38-33(31)43-15-13-35(22-43)12-14-42(21-35)20-24-8-10-28-29(17-24)40-34(44)39-28/h8-11,17-19,23,25,32,41H,2-7,12-16,20-22H2,1H3,(H2,39,40,44). The van der Waals surface area contributed by atoms with Gasteiger partial charge in [-0.3, -0.25) is 4.90 Å². The molecule has 47 heavy (non-hydrogen) atoms. The molecule has 2 aliphatic heterocycles. The van der Waals surface area contributed by atoms with Crippen LogP contribution in [0.25, 0.3) is 11.0 Å². The summed E-state index contributed by atoms with van der Waals surface area (Å²) in [7, 11) is 0. The van der Waals surface area contributed by atoms with Gasteiger partial charge in [0.2, 0.25) is 0 Å². The minimum Gasteiger partial charge on any atom is -0.598 e. The second kappa shape index (κ2) is 14.0. The van der Waals surface area contributed by atoms with Gasteiger partial charge in [-0.05, 0) is 80.5 Å². The molecule has 0 bridgehead atoms. The van der Waals surface area contributed by atoms with Crippen LogP contribution in [0.1, 0.15) is 75.5 Å². The maximum atomic E-state index is 14.8. The highest BCUT2D eigenvalue weighted by Crippen LogP contribution is 2.45. The third-order valence-electron chi connectivity index (χ3n) is 10.2. The Morgan fingerprint density at radius 1 is 1.11 bits per heavy atom. The number of aromatic amines is 2. The molecule has 2 aromatic heterocycles. The van der Waals surface area contributed by atoms with Crippen LogP contribution >= 0.6 is 0 Å². The van der Waals surface area contributed by atoms with Crippen LogP contribution in [0.3, 0.4) is 0 Å². The third-order valence-corrected chi connectivity index (χ3v) is 11.4. The van der Waals surface area contributed by atoms with Gasteiger partial charge in [-0.25, -0.2) is 19.2 Å². The number of nitrogens with one attached hydrogen (secondary N) is 3. The lowest BCUT2D eigenvalue weighted by Gasteiger charge is -2.28. The van der Waals surface area contributed by atoms with Crippen LogP contribution in [0.15, 0.2) is 53.7 Å². The highest BCUT2D eigenvalue weighted by Gasteiger charge is 2.44. The monoisotopic (exact) mass is 661 g/mol. The van der Waals surface area contributed by atoms with E-state index in [9.17, 15) is 13.7 Å². The average molecular weight is 662 g/mol. The zero-order chi connectivity index (χ0) is 32.4. The van der Waals surface area contributed by atoms with E-state index in [4.69, 9.17) is 4.74 Å². The lowest BCUT2D eigenvalue weighted by molar-refractivity contribution is 0.270. The summed E-state index contributed by atoms with van der Waals surface area (Å²) in [6.07, 6.45) is 11.5. The predicted octanol–water partition coefficient (Wildman–Crippen LogP) is 5.96. The zero-order valence-electron chi connectivity index (χ0n) is 27.0. The molecule has 4 aromatic rings. The predicted molar refractivity (Wildman–Crippen MR) is 182 cm³/mol. The van der Waals surface area contributed by atoms with Crippen molar-refractivity contribution >= 4 is 28.2 Å². The van der Waals surface area contributed by atoms with E-state index in [0.717, 1.165) is 101 Å². The Morgan fingerprint density at radius 2 is 1.94 bits per heavy atom. The summed E-state index contributed by atoms with van der Waals surface area (Å²) in [5, 5.41) is 0. The fourth-order valence-corrected chi connectivity index (χ4v) is 9.09. The van der Waals surface area contributed by atoms with Gasteiger partial charge >= 0.3 is 5.69 Å². The number of imidazole rings is 1. The lowest BCUT2D eigenvalue weighted by Crippen LogP contribution is -2.34. The van der Waals surface area contributed by atoms with Gasteiger partial charge in [-0.15, -0.1) is 4.72 Å². The number of H-pyrrole nitrogens is 2. The van der Waals surface area contributed by atoms with E-state index in [1.54, 1.807) is 18.6 Å². The fourth-order valence-electron chi connectivity index (χ4n) is 7.82. The summed E-state index contributed by atoms with van der Waals surface area (Å²) >= 11 is -1.22. The number of ether oxygens (including phenoxy) is 1. The molecule has 3 N–H and O–H groups in total. The first-order valence-corrected chi connectivity index (χ1v) is 18.3. The Morgan fingerprint density at radius 3 is 2.79 bits per heavy atom. The molecule has 10 nitrogen and oxygen atoms in total. The Balaban J connectivity index is 1.07.